The third-order valence-corrected chi connectivity index (χ3v) is 6.59. The lowest BCUT2D eigenvalue weighted by Crippen LogP contribution is -2.20. The number of hydrogen-bond acceptors (Lipinski definition) is 7. The molecule has 0 aliphatic heterocycles. The molecule has 4 aromatic carbocycles. The van der Waals surface area contributed by atoms with Crippen LogP contribution >= 0.6 is 0 Å². The molecule has 1 N–H and O–H groups in total. The Bertz CT molecular complexity index is 1690. The minimum absolute atomic E-state index is 0.0540. The van der Waals surface area contributed by atoms with E-state index >= 15 is 0 Å². The average molecular weight is 491 g/mol. The molecule has 0 bridgehead atoms. The fourth-order valence-electron chi connectivity index (χ4n) is 4.61. The Hall–Kier alpha value is -4.78. The lowest BCUT2D eigenvalue weighted by Gasteiger charge is -2.16. The second-order valence-corrected chi connectivity index (χ2v) is 9.01. The first-order valence-electron chi connectivity index (χ1n) is 12.0. The fourth-order valence-corrected chi connectivity index (χ4v) is 4.61. The molecule has 1 aliphatic rings. The Balaban J connectivity index is 1.41. The molecule has 1 heterocycles. The van der Waals surface area contributed by atoms with Crippen LogP contribution in [0.4, 0.5) is 0 Å². The van der Waals surface area contributed by atoms with E-state index in [0.717, 1.165) is 18.2 Å². The maximum Gasteiger partial charge on any atom is 0.338 e. The Morgan fingerprint density at radius 1 is 0.865 bits per heavy atom. The third kappa shape index (κ3) is 3.76. The number of unbranched alkanes of at least 4 members (excludes halogenated alkanes) is 1. The van der Waals surface area contributed by atoms with Gasteiger partial charge in [-0.2, -0.15) is 0 Å². The molecular formula is C30H21NO6. The number of phenols is 1. The molecular weight excluding hydrogens is 470 g/mol. The van der Waals surface area contributed by atoms with Gasteiger partial charge in [0.2, 0.25) is 5.89 Å². The van der Waals surface area contributed by atoms with Crippen LogP contribution in [0.2, 0.25) is 0 Å². The number of hydrogen-bond donors (Lipinski definition) is 1. The summed E-state index contributed by atoms with van der Waals surface area (Å²) in [5.41, 5.74) is 2.68. The van der Waals surface area contributed by atoms with Gasteiger partial charge in [-0.15, -0.1) is 0 Å². The van der Waals surface area contributed by atoms with Gasteiger partial charge in [0, 0.05) is 22.3 Å². The molecule has 5 aromatic rings. The first kappa shape index (κ1) is 22.7. The molecule has 0 atom stereocenters. The lowest BCUT2D eigenvalue weighted by atomic mass is 9.84. The zero-order valence-electron chi connectivity index (χ0n) is 19.9. The van der Waals surface area contributed by atoms with Crippen molar-refractivity contribution in [2.24, 2.45) is 0 Å². The highest BCUT2D eigenvalue weighted by molar-refractivity contribution is 6.29. The Morgan fingerprint density at radius 2 is 1.59 bits per heavy atom. The van der Waals surface area contributed by atoms with Crippen molar-refractivity contribution >= 4 is 39.4 Å². The number of aromatic hydroxyl groups is 1. The van der Waals surface area contributed by atoms with Crippen molar-refractivity contribution in [3.05, 3.63) is 94.5 Å². The van der Waals surface area contributed by atoms with Gasteiger partial charge in [-0.3, -0.25) is 9.59 Å². The molecule has 6 rings (SSSR count). The summed E-state index contributed by atoms with van der Waals surface area (Å²) in [6.07, 6.45) is 1.72. The van der Waals surface area contributed by atoms with Gasteiger partial charge in [-0.25, -0.2) is 9.78 Å². The third-order valence-electron chi connectivity index (χ3n) is 6.59. The van der Waals surface area contributed by atoms with Gasteiger partial charge in [0.05, 0.1) is 17.7 Å². The van der Waals surface area contributed by atoms with Gasteiger partial charge in [-0.1, -0.05) is 43.7 Å². The highest BCUT2D eigenvalue weighted by Gasteiger charge is 2.30. The van der Waals surface area contributed by atoms with Crippen LogP contribution in [0, 0.1) is 0 Å². The van der Waals surface area contributed by atoms with Gasteiger partial charge in [0.1, 0.15) is 11.3 Å². The van der Waals surface area contributed by atoms with Gasteiger partial charge < -0.3 is 14.3 Å². The van der Waals surface area contributed by atoms with Crippen LogP contribution in [-0.4, -0.2) is 34.2 Å². The van der Waals surface area contributed by atoms with Gasteiger partial charge in [0.15, 0.2) is 17.1 Å². The minimum atomic E-state index is -0.409. The van der Waals surface area contributed by atoms with Crippen molar-refractivity contribution in [3.8, 4) is 17.2 Å². The number of carbonyl (C=O) groups is 3. The molecule has 0 radical (unpaired) electrons. The monoisotopic (exact) mass is 491 g/mol. The Morgan fingerprint density at radius 3 is 2.32 bits per heavy atom. The molecule has 7 nitrogen and oxygen atoms in total. The summed E-state index contributed by atoms with van der Waals surface area (Å²) >= 11 is 0. The quantitative estimate of drug-likeness (QED) is 0.230. The van der Waals surface area contributed by atoms with Gasteiger partial charge in [-0.05, 0) is 53.6 Å². The largest absolute Gasteiger partial charge is 0.507 e. The average Bonchev–Trinajstić information content (AvgIpc) is 3.33. The maximum absolute atomic E-state index is 13.1. The van der Waals surface area contributed by atoms with Crippen LogP contribution in [0.1, 0.15) is 62.0 Å². The molecule has 0 unspecified atom stereocenters. The summed E-state index contributed by atoms with van der Waals surface area (Å²) in [5.74, 6) is -0.833. The van der Waals surface area contributed by atoms with Crippen LogP contribution in [0.15, 0.2) is 71.1 Å². The van der Waals surface area contributed by atoms with E-state index < -0.39 is 5.97 Å². The number of carbonyl (C=O) groups excluding carboxylic acids is 3. The number of ether oxygens (including phenoxy) is 1. The molecule has 1 aromatic heterocycles. The van der Waals surface area contributed by atoms with E-state index in [9.17, 15) is 19.5 Å². The molecule has 182 valence electrons. The zero-order chi connectivity index (χ0) is 25.7. The first-order chi connectivity index (χ1) is 17.9. The van der Waals surface area contributed by atoms with Crippen LogP contribution < -0.4 is 0 Å². The predicted molar refractivity (Wildman–Crippen MR) is 137 cm³/mol. The SMILES string of the molecule is CCCCOC(=O)c1ccc2cc(O)c(-c3nc4cc5c(cc4o3)C(=O)c3ccccc3C5=O)cc2c1. The number of nitrogens with zero attached hydrogens (tertiary/aromatic N) is 1. The smallest absolute Gasteiger partial charge is 0.338 e. The molecule has 0 amide bonds. The minimum Gasteiger partial charge on any atom is -0.507 e. The standard InChI is InChI=1S/C30H21NO6/c1-2-3-10-36-30(35)17-9-8-16-13-25(32)23(12-18(16)11-17)29-31-24-14-21-22(15-26(24)37-29)28(34)20-7-5-4-6-19(20)27(21)33/h4-9,11-15,32H,2-3,10H2,1H3. The highest BCUT2D eigenvalue weighted by atomic mass is 16.5. The molecule has 0 saturated heterocycles. The van der Waals surface area contributed by atoms with E-state index in [1.54, 1.807) is 60.7 Å². The number of ketones is 2. The number of rotatable bonds is 5. The number of phenolic OH excluding ortho intramolecular Hbond substituents is 1. The second kappa shape index (κ2) is 8.71. The Kier molecular flexibility index (Phi) is 5.34. The molecule has 1 aliphatic carbocycles. The summed E-state index contributed by atoms with van der Waals surface area (Å²) in [6, 6.07) is 18.1. The molecule has 0 saturated carbocycles. The van der Waals surface area contributed by atoms with E-state index in [1.165, 1.54) is 6.07 Å². The van der Waals surface area contributed by atoms with Crippen molar-refractivity contribution < 1.29 is 28.6 Å². The van der Waals surface area contributed by atoms with Crippen LogP contribution in [-0.2, 0) is 4.74 Å². The predicted octanol–water partition coefficient (Wildman–Crippen LogP) is 6.09. The number of aromatic nitrogens is 1. The number of esters is 1. The summed E-state index contributed by atoms with van der Waals surface area (Å²) in [6.45, 7) is 2.38. The molecule has 0 spiro atoms. The topological polar surface area (TPSA) is 107 Å². The van der Waals surface area contributed by atoms with Crippen LogP contribution in [0.25, 0.3) is 33.3 Å². The lowest BCUT2D eigenvalue weighted by molar-refractivity contribution is 0.0499. The maximum atomic E-state index is 13.1. The van der Waals surface area contributed by atoms with E-state index in [1.807, 2.05) is 6.92 Å². The van der Waals surface area contributed by atoms with Gasteiger partial charge >= 0.3 is 5.97 Å². The van der Waals surface area contributed by atoms with E-state index in [-0.39, 0.29) is 34.3 Å². The summed E-state index contributed by atoms with van der Waals surface area (Å²) in [5, 5.41) is 12.1. The molecule has 0 fully saturated rings. The number of fused-ring (bicyclic) bond motifs is 4. The summed E-state index contributed by atoms with van der Waals surface area (Å²) in [4.78, 5) is 43.0. The van der Waals surface area contributed by atoms with Crippen molar-refractivity contribution in [2.45, 2.75) is 19.8 Å². The van der Waals surface area contributed by atoms with Crippen LogP contribution in [0.5, 0.6) is 5.75 Å². The molecule has 37 heavy (non-hydrogen) atoms. The highest BCUT2D eigenvalue weighted by Crippen LogP contribution is 2.37. The number of oxazole rings is 1. The van der Waals surface area contributed by atoms with E-state index in [4.69, 9.17) is 9.15 Å². The normalized spacial score (nSPS) is 12.6. The molecule has 7 heteroatoms. The zero-order valence-corrected chi connectivity index (χ0v) is 19.9. The second-order valence-electron chi connectivity index (χ2n) is 9.01. The first-order valence-corrected chi connectivity index (χ1v) is 12.0. The summed E-state index contributed by atoms with van der Waals surface area (Å²) in [7, 11) is 0. The van der Waals surface area contributed by atoms with E-state index in [2.05, 4.69) is 4.98 Å². The van der Waals surface area contributed by atoms with Crippen LogP contribution in [0.3, 0.4) is 0 Å². The summed E-state index contributed by atoms with van der Waals surface area (Å²) < 4.78 is 11.2. The van der Waals surface area contributed by atoms with E-state index in [0.29, 0.717) is 45.3 Å². The van der Waals surface area contributed by atoms with Crippen molar-refractivity contribution in [1.29, 1.82) is 0 Å². The van der Waals surface area contributed by atoms with Gasteiger partial charge in [0.25, 0.3) is 0 Å². The number of benzene rings is 4. The van der Waals surface area contributed by atoms with Crippen molar-refractivity contribution in [3.63, 3.8) is 0 Å². The fraction of sp³-hybridized carbons (Fsp3) is 0.133. The van der Waals surface area contributed by atoms with Crippen molar-refractivity contribution in [1.82, 2.24) is 4.98 Å². The Labute approximate surface area is 211 Å². The van der Waals surface area contributed by atoms with Crippen molar-refractivity contribution in [2.75, 3.05) is 6.61 Å².